The van der Waals surface area contributed by atoms with E-state index in [1.54, 1.807) is 10.8 Å². The molecule has 1 aromatic rings. The minimum absolute atomic E-state index is 0.0861. The Morgan fingerprint density at radius 2 is 2.47 bits per heavy atom. The van der Waals surface area contributed by atoms with E-state index >= 15 is 0 Å². The topological polar surface area (TPSA) is 64.0 Å². The van der Waals surface area contributed by atoms with Gasteiger partial charge < -0.3 is 5.32 Å². The highest BCUT2D eigenvalue weighted by atomic mass is 32.2. The minimum Gasteiger partial charge on any atom is -0.304 e. The number of nitrogens with one attached hydrogen (secondary N) is 1. The highest BCUT2D eigenvalue weighted by molar-refractivity contribution is 7.94. The second kappa shape index (κ2) is 3.79. The molecule has 1 unspecified atom stereocenters. The average Bonchev–Trinajstić information content (AvgIpc) is 2.69. The summed E-state index contributed by atoms with van der Waals surface area (Å²) in [5, 5.41) is 8.58. The molecule has 0 bridgehead atoms. The van der Waals surface area contributed by atoms with E-state index < -0.39 is 9.84 Å². The second-order valence-electron chi connectivity index (χ2n) is 3.63. The number of hydrogen-bond acceptors (Lipinski definition) is 4. The zero-order chi connectivity index (χ0) is 10.9. The third kappa shape index (κ3) is 2.66. The Morgan fingerprint density at radius 1 is 1.67 bits per heavy atom. The molecule has 5 nitrogen and oxygen atoms in total. The van der Waals surface area contributed by atoms with Crippen molar-refractivity contribution in [2.45, 2.75) is 12.6 Å². The van der Waals surface area contributed by atoms with Crippen LogP contribution in [0.15, 0.2) is 23.7 Å². The number of rotatable bonds is 3. The highest BCUT2D eigenvalue weighted by Crippen LogP contribution is 2.08. The molecule has 2 rings (SSSR count). The predicted molar refractivity (Wildman–Crippen MR) is 56.8 cm³/mol. The molecule has 2 heterocycles. The van der Waals surface area contributed by atoms with Crippen molar-refractivity contribution in [2.75, 3.05) is 5.75 Å². The van der Waals surface area contributed by atoms with Crippen molar-refractivity contribution in [1.82, 2.24) is 15.1 Å². The molecule has 0 saturated heterocycles. The van der Waals surface area contributed by atoms with Crippen molar-refractivity contribution in [2.24, 2.45) is 7.05 Å². The van der Waals surface area contributed by atoms with Crippen molar-refractivity contribution in [3.05, 3.63) is 29.4 Å². The van der Waals surface area contributed by atoms with Gasteiger partial charge in [0.15, 0.2) is 9.84 Å². The van der Waals surface area contributed by atoms with Crippen LogP contribution in [0.1, 0.15) is 5.69 Å². The molecular weight excluding hydrogens is 214 g/mol. The fraction of sp³-hybridized carbons (Fsp3) is 0.444. The SMILES string of the molecule is Cn1ccc(CNC2C=CS(=O)(=O)C2)n1. The molecule has 1 aliphatic rings. The number of aromatic nitrogens is 2. The minimum atomic E-state index is -2.96. The maximum absolute atomic E-state index is 11.1. The Bertz CT molecular complexity index is 475. The third-order valence-electron chi connectivity index (χ3n) is 2.24. The molecular formula is C9H13N3O2S. The van der Waals surface area contributed by atoms with Gasteiger partial charge in [-0.2, -0.15) is 5.10 Å². The summed E-state index contributed by atoms with van der Waals surface area (Å²) in [6.07, 6.45) is 3.54. The van der Waals surface area contributed by atoms with E-state index in [1.807, 2.05) is 19.3 Å². The quantitative estimate of drug-likeness (QED) is 0.778. The van der Waals surface area contributed by atoms with E-state index in [-0.39, 0.29) is 11.8 Å². The largest absolute Gasteiger partial charge is 0.304 e. The first-order valence-corrected chi connectivity index (χ1v) is 6.39. The van der Waals surface area contributed by atoms with Crippen LogP contribution in [0.2, 0.25) is 0 Å². The third-order valence-corrected chi connectivity index (χ3v) is 3.64. The van der Waals surface area contributed by atoms with Gasteiger partial charge >= 0.3 is 0 Å². The van der Waals surface area contributed by atoms with Crippen LogP contribution >= 0.6 is 0 Å². The molecule has 0 aromatic carbocycles. The van der Waals surface area contributed by atoms with Gasteiger partial charge in [-0.25, -0.2) is 8.42 Å². The summed E-state index contributed by atoms with van der Waals surface area (Å²) >= 11 is 0. The first-order valence-electron chi connectivity index (χ1n) is 4.68. The van der Waals surface area contributed by atoms with E-state index in [2.05, 4.69) is 10.4 Å². The van der Waals surface area contributed by atoms with Crippen LogP contribution in [0, 0.1) is 0 Å². The lowest BCUT2D eigenvalue weighted by atomic mass is 10.3. The Kier molecular flexibility index (Phi) is 2.62. The number of hydrogen-bond donors (Lipinski definition) is 1. The zero-order valence-corrected chi connectivity index (χ0v) is 9.24. The molecule has 0 spiro atoms. The van der Waals surface area contributed by atoms with E-state index in [1.165, 1.54) is 5.41 Å². The van der Waals surface area contributed by atoms with Crippen molar-refractivity contribution in [1.29, 1.82) is 0 Å². The van der Waals surface area contributed by atoms with Crippen molar-refractivity contribution in [3.8, 4) is 0 Å². The maximum atomic E-state index is 11.1. The lowest BCUT2D eigenvalue weighted by Gasteiger charge is -2.07. The Morgan fingerprint density at radius 3 is 3.00 bits per heavy atom. The lowest BCUT2D eigenvalue weighted by molar-refractivity contribution is 0.585. The summed E-state index contributed by atoms with van der Waals surface area (Å²) in [5.41, 5.74) is 0.912. The van der Waals surface area contributed by atoms with Gasteiger partial charge in [-0.15, -0.1) is 0 Å². The Balaban J connectivity index is 1.88. The molecule has 0 amide bonds. The summed E-state index contributed by atoms with van der Waals surface area (Å²) < 4.78 is 23.9. The van der Waals surface area contributed by atoms with Crippen LogP contribution in [0.4, 0.5) is 0 Å². The molecule has 1 aromatic heterocycles. The average molecular weight is 227 g/mol. The molecule has 1 aliphatic heterocycles. The van der Waals surface area contributed by atoms with Gasteiger partial charge in [-0.3, -0.25) is 4.68 Å². The zero-order valence-electron chi connectivity index (χ0n) is 8.42. The molecule has 0 aliphatic carbocycles. The standard InChI is InChI=1S/C9H13N3O2S/c1-12-4-2-8(11-12)6-10-9-3-5-15(13,14)7-9/h2-5,9-10H,6-7H2,1H3. The van der Waals surface area contributed by atoms with Crippen molar-refractivity contribution in [3.63, 3.8) is 0 Å². The molecule has 1 N–H and O–H groups in total. The number of aryl methyl sites for hydroxylation is 1. The monoisotopic (exact) mass is 227 g/mol. The molecule has 1 atom stereocenters. The van der Waals surface area contributed by atoms with Crippen molar-refractivity contribution >= 4 is 9.84 Å². The van der Waals surface area contributed by atoms with Gasteiger partial charge in [-0.05, 0) is 6.07 Å². The summed E-state index contributed by atoms with van der Waals surface area (Å²) in [5.74, 6) is 0.153. The highest BCUT2D eigenvalue weighted by Gasteiger charge is 2.20. The second-order valence-corrected chi connectivity index (χ2v) is 5.56. The van der Waals surface area contributed by atoms with Gasteiger partial charge in [0.05, 0.1) is 11.4 Å². The summed E-state index contributed by atoms with van der Waals surface area (Å²) in [6.45, 7) is 0.589. The van der Waals surface area contributed by atoms with Crippen LogP contribution < -0.4 is 5.32 Å². The molecule has 0 fully saturated rings. The Labute approximate surface area is 88.7 Å². The number of sulfone groups is 1. The molecule has 15 heavy (non-hydrogen) atoms. The number of nitrogens with zero attached hydrogens (tertiary/aromatic N) is 2. The van der Waals surface area contributed by atoms with Crippen molar-refractivity contribution < 1.29 is 8.42 Å². The van der Waals surface area contributed by atoms with E-state index in [9.17, 15) is 8.42 Å². The van der Waals surface area contributed by atoms with Crippen LogP contribution in [0.3, 0.4) is 0 Å². The molecule has 0 radical (unpaired) electrons. The first kappa shape index (κ1) is 10.4. The van der Waals surface area contributed by atoms with Crippen LogP contribution in [0.5, 0.6) is 0 Å². The fourth-order valence-electron chi connectivity index (χ4n) is 1.50. The maximum Gasteiger partial charge on any atom is 0.173 e. The molecule has 6 heteroatoms. The molecule has 82 valence electrons. The molecule has 0 saturated carbocycles. The first-order chi connectivity index (χ1) is 7.05. The van der Waals surface area contributed by atoms with Gasteiger partial charge in [0.1, 0.15) is 0 Å². The van der Waals surface area contributed by atoms with E-state index in [0.717, 1.165) is 5.69 Å². The van der Waals surface area contributed by atoms with Crippen LogP contribution in [-0.2, 0) is 23.4 Å². The Hall–Kier alpha value is -1.14. The van der Waals surface area contributed by atoms with Crippen LogP contribution in [-0.4, -0.2) is 30.0 Å². The predicted octanol–water partition coefficient (Wildman–Crippen LogP) is -0.180. The summed E-state index contributed by atoms with van der Waals surface area (Å²) in [7, 11) is -1.11. The van der Waals surface area contributed by atoms with E-state index in [0.29, 0.717) is 6.54 Å². The van der Waals surface area contributed by atoms with E-state index in [4.69, 9.17) is 0 Å². The van der Waals surface area contributed by atoms with Gasteiger partial charge in [-0.1, -0.05) is 6.08 Å². The fourth-order valence-corrected chi connectivity index (χ4v) is 2.77. The normalized spacial score (nSPS) is 23.4. The van der Waals surface area contributed by atoms with Gasteiger partial charge in [0.2, 0.25) is 0 Å². The lowest BCUT2D eigenvalue weighted by Crippen LogP contribution is -2.29. The van der Waals surface area contributed by atoms with Crippen LogP contribution in [0.25, 0.3) is 0 Å². The summed E-state index contributed by atoms with van der Waals surface area (Å²) in [4.78, 5) is 0. The smallest absolute Gasteiger partial charge is 0.173 e. The summed E-state index contributed by atoms with van der Waals surface area (Å²) in [6, 6.07) is 1.82. The van der Waals surface area contributed by atoms with Gasteiger partial charge in [0.25, 0.3) is 0 Å². The van der Waals surface area contributed by atoms with Gasteiger partial charge in [0, 0.05) is 31.2 Å².